The lowest BCUT2D eigenvalue weighted by molar-refractivity contribution is 0.244. The number of rotatable bonds is 9. The minimum Gasteiger partial charge on any atom is -0.316 e. The van der Waals surface area contributed by atoms with Crippen LogP contribution in [0.25, 0.3) is 0 Å². The maximum absolute atomic E-state index is 3.67. The third-order valence-corrected chi connectivity index (χ3v) is 5.40. The molecular formula is C17H31NS. The van der Waals surface area contributed by atoms with Crippen LogP contribution in [0, 0.1) is 11.3 Å². The van der Waals surface area contributed by atoms with E-state index >= 15 is 0 Å². The molecule has 0 unspecified atom stereocenters. The summed E-state index contributed by atoms with van der Waals surface area (Å²) in [6.07, 6.45) is 4.92. The van der Waals surface area contributed by atoms with Crippen molar-refractivity contribution in [2.45, 2.75) is 60.3 Å². The lowest BCUT2D eigenvalue weighted by Crippen LogP contribution is -2.36. The summed E-state index contributed by atoms with van der Waals surface area (Å²) in [6.45, 7) is 13.8. The third-order valence-electron chi connectivity index (χ3n) is 4.17. The van der Waals surface area contributed by atoms with E-state index in [4.69, 9.17) is 0 Å². The summed E-state index contributed by atoms with van der Waals surface area (Å²) in [4.78, 5) is 3.08. The highest BCUT2D eigenvalue weighted by Gasteiger charge is 2.26. The molecule has 1 heterocycles. The van der Waals surface area contributed by atoms with E-state index in [1.165, 1.54) is 30.6 Å². The van der Waals surface area contributed by atoms with Crippen LogP contribution in [-0.4, -0.2) is 13.1 Å². The molecule has 0 fully saturated rings. The normalized spacial score (nSPS) is 12.3. The second kappa shape index (κ2) is 8.06. The predicted octanol–water partition coefficient (Wildman–Crippen LogP) is 4.91. The molecule has 0 atom stereocenters. The zero-order valence-electron chi connectivity index (χ0n) is 13.4. The Morgan fingerprint density at radius 3 is 2.21 bits per heavy atom. The smallest absolute Gasteiger partial charge is 0.00541 e. The van der Waals surface area contributed by atoms with Crippen LogP contribution in [0.15, 0.2) is 12.1 Å². The van der Waals surface area contributed by atoms with Gasteiger partial charge in [-0.1, -0.05) is 34.6 Å². The molecule has 0 aromatic carbocycles. The van der Waals surface area contributed by atoms with Crippen molar-refractivity contribution in [3.63, 3.8) is 0 Å². The van der Waals surface area contributed by atoms with Gasteiger partial charge in [-0.05, 0) is 55.7 Å². The number of hydrogen-bond acceptors (Lipinski definition) is 2. The Labute approximate surface area is 123 Å². The minimum atomic E-state index is 0.435. The molecule has 1 aromatic rings. The summed E-state index contributed by atoms with van der Waals surface area (Å²) in [5.74, 6) is 0.736. The molecule has 0 saturated carbocycles. The Hall–Kier alpha value is -0.340. The third kappa shape index (κ3) is 5.27. The van der Waals surface area contributed by atoms with Crippen LogP contribution in [0.4, 0.5) is 0 Å². The van der Waals surface area contributed by atoms with Crippen LogP contribution in [-0.2, 0) is 12.8 Å². The van der Waals surface area contributed by atoms with Gasteiger partial charge in [0.25, 0.3) is 0 Å². The predicted molar refractivity (Wildman–Crippen MR) is 88.1 cm³/mol. The second-order valence-corrected chi connectivity index (χ2v) is 7.38. The number of hydrogen-bond donors (Lipinski definition) is 1. The van der Waals surface area contributed by atoms with Gasteiger partial charge in [0.05, 0.1) is 0 Å². The summed E-state index contributed by atoms with van der Waals surface area (Å²) in [7, 11) is 0. The number of nitrogens with one attached hydrogen (secondary N) is 1. The van der Waals surface area contributed by atoms with Gasteiger partial charge in [-0.3, -0.25) is 0 Å². The van der Waals surface area contributed by atoms with Gasteiger partial charge in [0.2, 0.25) is 0 Å². The van der Waals surface area contributed by atoms with E-state index in [0.717, 1.165) is 19.0 Å². The fraction of sp³-hybridized carbons (Fsp3) is 0.765. The second-order valence-electron chi connectivity index (χ2n) is 6.13. The van der Waals surface area contributed by atoms with Gasteiger partial charge in [0, 0.05) is 16.3 Å². The summed E-state index contributed by atoms with van der Waals surface area (Å²) < 4.78 is 0. The first-order chi connectivity index (χ1) is 9.05. The Kier molecular flexibility index (Phi) is 7.09. The molecular weight excluding hydrogens is 250 g/mol. The van der Waals surface area contributed by atoms with Crippen LogP contribution in [0.3, 0.4) is 0 Å². The molecule has 0 aliphatic heterocycles. The molecule has 1 rings (SSSR count). The van der Waals surface area contributed by atoms with Crippen molar-refractivity contribution in [1.82, 2.24) is 5.32 Å². The Balaban J connectivity index is 2.64. The maximum Gasteiger partial charge on any atom is 0.00541 e. The standard InChI is InChI=1S/C17H31NS/c1-6-15-9-10-16(19-15)11-17(7-2,8-3)13-18-12-14(4)5/h9-10,14,18H,6-8,11-13H2,1-5H3. The SMILES string of the molecule is CCc1ccc(CC(CC)(CC)CNCC(C)C)s1. The molecule has 0 radical (unpaired) electrons. The van der Waals surface area contributed by atoms with Crippen molar-refractivity contribution in [3.8, 4) is 0 Å². The Bertz CT molecular complexity index is 350. The molecule has 0 amide bonds. The molecule has 1 N–H and O–H groups in total. The van der Waals surface area contributed by atoms with Crippen molar-refractivity contribution in [1.29, 1.82) is 0 Å². The highest BCUT2D eigenvalue weighted by molar-refractivity contribution is 7.11. The Morgan fingerprint density at radius 2 is 1.74 bits per heavy atom. The highest BCUT2D eigenvalue weighted by atomic mass is 32.1. The summed E-state index contributed by atoms with van der Waals surface area (Å²) >= 11 is 2.00. The molecule has 19 heavy (non-hydrogen) atoms. The van der Waals surface area contributed by atoms with Gasteiger partial charge >= 0.3 is 0 Å². The Morgan fingerprint density at radius 1 is 1.11 bits per heavy atom. The van der Waals surface area contributed by atoms with Crippen molar-refractivity contribution in [3.05, 3.63) is 21.9 Å². The van der Waals surface area contributed by atoms with E-state index in [0.29, 0.717) is 5.41 Å². The largest absolute Gasteiger partial charge is 0.316 e. The molecule has 110 valence electrons. The van der Waals surface area contributed by atoms with Gasteiger partial charge in [0.1, 0.15) is 0 Å². The zero-order valence-corrected chi connectivity index (χ0v) is 14.2. The number of aryl methyl sites for hydroxylation is 1. The van der Waals surface area contributed by atoms with Crippen LogP contribution >= 0.6 is 11.3 Å². The van der Waals surface area contributed by atoms with E-state index < -0.39 is 0 Å². The fourth-order valence-electron chi connectivity index (χ4n) is 2.52. The minimum absolute atomic E-state index is 0.435. The lowest BCUT2D eigenvalue weighted by Gasteiger charge is -2.32. The first-order valence-electron chi connectivity index (χ1n) is 7.83. The van der Waals surface area contributed by atoms with E-state index in [-0.39, 0.29) is 0 Å². The first kappa shape index (κ1) is 16.7. The molecule has 0 bridgehead atoms. The van der Waals surface area contributed by atoms with Crippen LogP contribution in [0.1, 0.15) is 57.2 Å². The summed E-state index contributed by atoms with van der Waals surface area (Å²) in [6, 6.07) is 4.64. The molecule has 1 nitrogen and oxygen atoms in total. The van der Waals surface area contributed by atoms with Gasteiger partial charge in [-0.25, -0.2) is 0 Å². The first-order valence-corrected chi connectivity index (χ1v) is 8.65. The summed E-state index contributed by atoms with van der Waals surface area (Å²) in [5, 5.41) is 3.67. The van der Waals surface area contributed by atoms with Gasteiger partial charge in [-0.15, -0.1) is 11.3 Å². The van der Waals surface area contributed by atoms with E-state index in [2.05, 4.69) is 52.1 Å². The van der Waals surface area contributed by atoms with Crippen LogP contribution < -0.4 is 5.32 Å². The van der Waals surface area contributed by atoms with E-state index in [9.17, 15) is 0 Å². The van der Waals surface area contributed by atoms with Crippen molar-refractivity contribution in [2.75, 3.05) is 13.1 Å². The monoisotopic (exact) mass is 281 g/mol. The van der Waals surface area contributed by atoms with Crippen molar-refractivity contribution >= 4 is 11.3 Å². The molecule has 0 saturated heterocycles. The molecule has 0 aliphatic rings. The fourth-order valence-corrected chi connectivity index (χ4v) is 3.65. The van der Waals surface area contributed by atoms with E-state index in [1.54, 1.807) is 4.88 Å². The number of thiophene rings is 1. The van der Waals surface area contributed by atoms with Crippen molar-refractivity contribution < 1.29 is 0 Å². The molecule has 0 spiro atoms. The van der Waals surface area contributed by atoms with E-state index in [1.807, 2.05) is 11.3 Å². The average Bonchev–Trinajstić information content (AvgIpc) is 2.84. The van der Waals surface area contributed by atoms with Gasteiger partial charge < -0.3 is 5.32 Å². The van der Waals surface area contributed by atoms with Crippen LogP contribution in [0.5, 0.6) is 0 Å². The molecule has 1 aromatic heterocycles. The summed E-state index contributed by atoms with van der Waals surface area (Å²) in [5.41, 5.74) is 0.435. The molecule has 2 heteroatoms. The van der Waals surface area contributed by atoms with Gasteiger partial charge in [0.15, 0.2) is 0 Å². The van der Waals surface area contributed by atoms with Crippen LogP contribution in [0.2, 0.25) is 0 Å². The topological polar surface area (TPSA) is 12.0 Å². The zero-order chi connectivity index (χ0) is 14.3. The van der Waals surface area contributed by atoms with Gasteiger partial charge in [-0.2, -0.15) is 0 Å². The highest BCUT2D eigenvalue weighted by Crippen LogP contribution is 2.33. The maximum atomic E-state index is 3.67. The van der Waals surface area contributed by atoms with Crippen molar-refractivity contribution in [2.24, 2.45) is 11.3 Å². The lowest BCUT2D eigenvalue weighted by atomic mass is 9.78. The molecule has 0 aliphatic carbocycles. The quantitative estimate of drug-likeness (QED) is 0.678. The average molecular weight is 282 g/mol.